The van der Waals surface area contributed by atoms with Crippen LogP contribution < -0.4 is 0 Å². The molecule has 13 rings (SSSR count). The van der Waals surface area contributed by atoms with Crippen LogP contribution in [0.25, 0.3) is 120 Å². The van der Waals surface area contributed by atoms with Crippen molar-refractivity contribution >= 4 is 109 Å². The van der Waals surface area contributed by atoms with Crippen molar-refractivity contribution in [1.82, 2.24) is 9.13 Å². The molecule has 0 bridgehead atoms. The Kier molecular flexibility index (Phi) is 5.94. The minimum atomic E-state index is 0.436. The van der Waals surface area contributed by atoms with Gasteiger partial charge in [-0.15, -0.1) is 0 Å². The van der Waals surface area contributed by atoms with Gasteiger partial charge < -0.3 is 18.0 Å². The van der Waals surface area contributed by atoms with E-state index in [2.05, 4.69) is 130 Å². The predicted octanol–water partition coefficient (Wildman–Crippen LogP) is 13.7. The molecule has 0 fully saturated rings. The van der Waals surface area contributed by atoms with Crippen molar-refractivity contribution in [3.05, 3.63) is 169 Å². The number of fused-ring (bicyclic) bond motifs is 16. The van der Waals surface area contributed by atoms with Crippen LogP contribution in [-0.2, 0) is 0 Å². The van der Waals surface area contributed by atoms with Gasteiger partial charge in [-0.3, -0.25) is 0 Å². The predicted molar refractivity (Wildman–Crippen MR) is 234 cm³/mol. The van der Waals surface area contributed by atoms with Crippen molar-refractivity contribution in [3.8, 4) is 23.5 Å². The van der Waals surface area contributed by atoms with E-state index in [4.69, 9.17) is 8.83 Å². The Morgan fingerprint density at radius 2 is 0.759 bits per heavy atom. The van der Waals surface area contributed by atoms with Crippen LogP contribution >= 0.6 is 0 Å². The van der Waals surface area contributed by atoms with Crippen molar-refractivity contribution in [2.24, 2.45) is 0 Å². The molecule has 0 aliphatic heterocycles. The molecule has 0 unspecified atom stereocenters. The first kappa shape index (κ1) is 30.9. The van der Waals surface area contributed by atoms with E-state index in [0.717, 1.165) is 109 Å². The minimum Gasteiger partial charge on any atom is -0.456 e. The summed E-state index contributed by atoms with van der Waals surface area (Å²) >= 11 is 0. The Morgan fingerprint density at radius 1 is 0.345 bits per heavy atom. The summed E-state index contributed by atoms with van der Waals surface area (Å²) in [4.78, 5) is 0. The van der Waals surface area contributed by atoms with Crippen molar-refractivity contribution in [2.75, 3.05) is 0 Å². The van der Waals surface area contributed by atoms with Crippen LogP contribution in [0.3, 0.4) is 0 Å². The third-order valence-electron chi connectivity index (χ3n) is 12.1. The lowest BCUT2D eigenvalue weighted by Crippen LogP contribution is -2.04. The summed E-state index contributed by atoms with van der Waals surface area (Å²) < 4.78 is 17.1. The SMILES string of the molecule is N#Cc1cc(-n2c3cc4oc5ccccc5c4cc3c3c4ccccc4ccc32)c(C#N)cc1-n1c2cc3oc4ccccc4c3cc2c2c3ccccc3ccc21. The van der Waals surface area contributed by atoms with Crippen LogP contribution in [0.2, 0.25) is 0 Å². The number of aromatic nitrogens is 2. The number of nitrogens with zero attached hydrogens (tertiary/aromatic N) is 4. The number of furan rings is 2. The molecule has 9 aromatic carbocycles. The lowest BCUT2D eigenvalue weighted by Gasteiger charge is -2.16. The zero-order valence-electron chi connectivity index (χ0n) is 30.6. The Bertz CT molecular complexity index is 3800. The second-order valence-electron chi connectivity index (χ2n) is 15.1. The van der Waals surface area contributed by atoms with Gasteiger partial charge in [-0.25, -0.2) is 0 Å². The van der Waals surface area contributed by atoms with E-state index in [1.807, 2.05) is 48.5 Å². The van der Waals surface area contributed by atoms with Crippen molar-refractivity contribution < 1.29 is 8.83 Å². The summed E-state index contributed by atoms with van der Waals surface area (Å²) in [5.74, 6) is 0. The Labute approximate surface area is 328 Å². The molecule has 0 aliphatic rings. The van der Waals surface area contributed by atoms with E-state index >= 15 is 0 Å². The van der Waals surface area contributed by atoms with Crippen LogP contribution in [0.5, 0.6) is 0 Å². The third kappa shape index (κ3) is 3.97. The highest BCUT2D eigenvalue weighted by molar-refractivity contribution is 6.26. The van der Waals surface area contributed by atoms with Gasteiger partial charge in [0, 0.05) is 55.2 Å². The number of para-hydroxylation sites is 2. The quantitative estimate of drug-likeness (QED) is 0.177. The summed E-state index contributed by atoms with van der Waals surface area (Å²) in [6.45, 7) is 0. The van der Waals surface area contributed by atoms with E-state index in [9.17, 15) is 10.5 Å². The number of hydrogen-bond acceptors (Lipinski definition) is 4. The van der Waals surface area contributed by atoms with Crippen molar-refractivity contribution in [1.29, 1.82) is 10.5 Å². The van der Waals surface area contributed by atoms with Crippen molar-refractivity contribution in [2.45, 2.75) is 0 Å². The topological polar surface area (TPSA) is 83.7 Å². The molecular weight excluding hydrogens is 713 g/mol. The third-order valence-corrected chi connectivity index (χ3v) is 12.1. The van der Waals surface area contributed by atoms with E-state index in [0.29, 0.717) is 22.5 Å². The van der Waals surface area contributed by atoms with Crippen LogP contribution in [0.1, 0.15) is 11.1 Å². The van der Waals surface area contributed by atoms with Crippen LogP contribution in [0.4, 0.5) is 0 Å². The molecular formula is C52H26N4O2. The molecule has 0 saturated carbocycles. The summed E-state index contributed by atoms with van der Waals surface area (Å²) in [6, 6.07) is 58.9. The second kappa shape index (κ2) is 11.1. The smallest absolute Gasteiger partial charge is 0.137 e. The fraction of sp³-hybridized carbons (Fsp3) is 0. The molecule has 0 aliphatic carbocycles. The lowest BCUT2D eigenvalue weighted by atomic mass is 10.0. The maximum atomic E-state index is 11.1. The summed E-state index contributed by atoms with van der Waals surface area (Å²) in [7, 11) is 0. The molecule has 0 amide bonds. The fourth-order valence-electron chi connectivity index (χ4n) is 9.66. The highest BCUT2D eigenvalue weighted by Crippen LogP contribution is 2.44. The monoisotopic (exact) mass is 738 g/mol. The molecule has 6 heteroatoms. The zero-order chi connectivity index (χ0) is 38.2. The van der Waals surface area contributed by atoms with E-state index in [1.54, 1.807) is 0 Å². The Balaban J connectivity index is 1.15. The van der Waals surface area contributed by atoms with E-state index < -0.39 is 0 Å². The Hall–Kier alpha value is -8.32. The van der Waals surface area contributed by atoms with Gasteiger partial charge in [-0.1, -0.05) is 97.1 Å². The molecule has 58 heavy (non-hydrogen) atoms. The standard InChI is InChI=1S/C52H26N4O2/c53-27-31-22-44(56-42-20-18-30-10-2-4-12-34(30)52(42)40-24-38-36-14-6-8-16-48(36)58-50(38)26-46(40)56)32(28-54)21-43(31)55-41-19-17-29-9-1-3-11-33(29)51(41)39-23-37-35-13-5-7-15-47(35)57-49(37)25-45(39)55/h1-26H. The van der Waals surface area contributed by atoms with Gasteiger partial charge in [0.15, 0.2) is 0 Å². The number of benzene rings is 9. The van der Waals surface area contributed by atoms with Gasteiger partial charge in [0.2, 0.25) is 0 Å². The highest BCUT2D eigenvalue weighted by Gasteiger charge is 2.24. The van der Waals surface area contributed by atoms with Gasteiger partial charge in [-0.2, -0.15) is 10.5 Å². The molecule has 0 atom stereocenters. The van der Waals surface area contributed by atoms with E-state index in [1.165, 1.54) is 0 Å². The van der Waals surface area contributed by atoms with Crippen LogP contribution in [0.15, 0.2) is 167 Å². The van der Waals surface area contributed by atoms with E-state index in [-0.39, 0.29) is 0 Å². The molecule has 0 saturated heterocycles. The minimum absolute atomic E-state index is 0.436. The first-order chi connectivity index (χ1) is 28.7. The molecule has 6 nitrogen and oxygen atoms in total. The fourth-order valence-corrected chi connectivity index (χ4v) is 9.66. The lowest BCUT2D eigenvalue weighted by molar-refractivity contribution is 0.669. The molecule has 4 aromatic heterocycles. The van der Waals surface area contributed by atoms with Gasteiger partial charge in [0.25, 0.3) is 0 Å². The normalized spacial score (nSPS) is 12.1. The van der Waals surface area contributed by atoms with Gasteiger partial charge in [0.1, 0.15) is 34.5 Å². The first-order valence-corrected chi connectivity index (χ1v) is 19.2. The maximum Gasteiger partial charge on any atom is 0.137 e. The molecule has 0 spiro atoms. The van der Waals surface area contributed by atoms with Crippen LogP contribution in [-0.4, -0.2) is 9.13 Å². The molecule has 266 valence electrons. The number of nitriles is 2. The summed E-state index contributed by atoms with van der Waals surface area (Å²) in [6.07, 6.45) is 0. The average molecular weight is 739 g/mol. The van der Waals surface area contributed by atoms with Gasteiger partial charge >= 0.3 is 0 Å². The second-order valence-corrected chi connectivity index (χ2v) is 15.1. The molecule has 13 aromatic rings. The largest absolute Gasteiger partial charge is 0.456 e. The average Bonchev–Trinajstić information content (AvgIpc) is 4.01. The number of rotatable bonds is 2. The Morgan fingerprint density at radius 3 is 1.21 bits per heavy atom. The summed E-state index contributed by atoms with van der Waals surface area (Å²) in [5.41, 5.74) is 8.93. The first-order valence-electron chi connectivity index (χ1n) is 19.2. The van der Waals surface area contributed by atoms with Crippen molar-refractivity contribution in [3.63, 3.8) is 0 Å². The number of hydrogen-bond donors (Lipinski definition) is 0. The molecule has 4 heterocycles. The maximum absolute atomic E-state index is 11.1. The van der Waals surface area contributed by atoms with Gasteiger partial charge in [-0.05, 0) is 70.1 Å². The summed E-state index contributed by atoms with van der Waals surface area (Å²) in [5, 5.41) is 35.0. The molecule has 0 radical (unpaired) electrons. The highest BCUT2D eigenvalue weighted by atomic mass is 16.3. The van der Waals surface area contributed by atoms with Gasteiger partial charge in [0.05, 0.1) is 44.6 Å². The molecule has 0 N–H and O–H groups in total. The van der Waals surface area contributed by atoms with Crippen LogP contribution in [0, 0.1) is 22.7 Å². The zero-order valence-corrected chi connectivity index (χ0v) is 30.6.